The molecule has 10 heteroatoms. The van der Waals surface area contributed by atoms with Crippen LogP contribution in [0.3, 0.4) is 0 Å². The standard InChI is InChI=1S/C10H11F3N2O3S2/c1-17-9-7(5-14-18-2)19-10(15-9)20(16)4-3-6(11)8(12)13/h5H,3-4H2,1-2H3. The van der Waals surface area contributed by atoms with Gasteiger partial charge in [0.2, 0.25) is 5.88 Å². The summed E-state index contributed by atoms with van der Waals surface area (Å²) in [5.41, 5.74) is 0. The predicted molar refractivity (Wildman–Crippen MR) is 69.5 cm³/mol. The lowest BCUT2D eigenvalue weighted by atomic mass is 10.4. The third-order valence-electron chi connectivity index (χ3n) is 1.98. The molecule has 0 aromatic carbocycles. The number of rotatable bonds is 7. The van der Waals surface area contributed by atoms with Crippen LogP contribution in [0.2, 0.25) is 0 Å². The Bertz CT molecular complexity index is 504. The van der Waals surface area contributed by atoms with E-state index in [1.165, 1.54) is 20.4 Å². The molecule has 1 aromatic heterocycles. The van der Waals surface area contributed by atoms with Gasteiger partial charge in [0.25, 0.3) is 0 Å². The fraction of sp³-hybridized carbons (Fsp3) is 0.400. The molecule has 1 unspecified atom stereocenters. The maximum absolute atomic E-state index is 12.6. The Morgan fingerprint density at radius 3 is 2.70 bits per heavy atom. The van der Waals surface area contributed by atoms with Crippen LogP contribution >= 0.6 is 11.3 Å². The molecule has 0 bridgehead atoms. The molecule has 0 fully saturated rings. The molecule has 1 heterocycles. The van der Waals surface area contributed by atoms with Crippen LogP contribution in [0.1, 0.15) is 11.3 Å². The van der Waals surface area contributed by atoms with E-state index in [4.69, 9.17) is 4.74 Å². The molecule has 0 aliphatic carbocycles. The van der Waals surface area contributed by atoms with Crippen LogP contribution in [0.15, 0.2) is 21.4 Å². The summed E-state index contributed by atoms with van der Waals surface area (Å²) in [5, 5.41) is 3.52. The Hall–Kier alpha value is -1.26. The van der Waals surface area contributed by atoms with Crippen LogP contribution in [-0.2, 0) is 16.0 Å². The maximum atomic E-state index is 12.6. The van der Waals surface area contributed by atoms with E-state index in [1.54, 1.807) is 0 Å². The number of aromatic nitrogens is 1. The average molecular weight is 328 g/mol. The summed E-state index contributed by atoms with van der Waals surface area (Å²) < 4.78 is 53.3. The molecule has 1 atom stereocenters. The van der Waals surface area contributed by atoms with Gasteiger partial charge in [-0.2, -0.15) is 13.8 Å². The van der Waals surface area contributed by atoms with E-state index in [9.17, 15) is 17.7 Å². The van der Waals surface area contributed by atoms with Crippen LogP contribution in [0.4, 0.5) is 13.2 Å². The van der Waals surface area contributed by atoms with Crippen molar-refractivity contribution >= 4 is 28.7 Å². The summed E-state index contributed by atoms with van der Waals surface area (Å²) in [4.78, 5) is 8.89. The lowest BCUT2D eigenvalue weighted by Gasteiger charge is -2.04. The number of allylic oxidation sites excluding steroid dienone is 1. The molecule has 1 aromatic rings. The first kappa shape index (κ1) is 16.8. The van der Waals surface area contributed by atoms with Gasteiger partial charge in [0, 0.05) is 11.2 Å². The summed E-state index contributed by atoms with van der Waals surface area (Å²) in [5.74, 6) is -1.67. The number of thiazole rings is 1. The lowest BCUT2D eigenvalue weighted by Crippen LogP contribution is -2.07. The predicted octanol–water partition coefficient (Wildman–Crippen LogP) is 2.71. The second-order valence-corrected chi connectivity index (χ2v) is 6.01. The van der Waals surface area contributed by atoms with Crippen molar-refractivity contribution in [3.63, 3.8) is 0 Å². The number of methoxy groups -OCH3 is 1. The van der Waals surface area contributed by atoms with E-state index in [0.29, 0.717) is 4.88 Å². The number of ether oxygens (including phenoxy) is 1. The van der Waals surface area contributed by atoms with Gasteiger partial charge < -0.3 is 14.1 Å². The number of hydrogen-bond donors (Lipinski definition) is 0. The van der Waals surface area contributed by atoms with E-state index in [1.807, 2.05) is 0 Å². The zero-order valence-corrected chi connectivity index (χ0v) is 12.2. The zero-order valence-electron chi connectivity index (χ0n) is 10.6. The van der Waals surface area contributed by atoms with Gasteiger partial charge in [-0.25, -0.2) is 4.39 Å². The van der Waals surface area contributed by atoms with E-state index in [2.05, 4.69) is 15.0 Å². The smallest absolute Gasteiger partial charge is 0.305 e. The highest BCUT2D eigenvalue weighted by Gasteiger charge is 2.22. The van der Waals surface area contributed by atoms with Gasteiger partial charge >= 0.3 is 10.4 Å². The Labute approximate surface area is 120 Å². The third kappa shape index (κ3) is 4.69. The van der Waals surface area contributed by atoms with Crippen LogP contribution in [0.5, 0.6) is 5.88 Å². The number of oxime groups is 1. The van der Waals surface area contributed by atoms with E-state index < -0.39 is 29.5 Å². The van der Waals surface area contributed by atoms with Gasteiger partial charge in [0.15, 0.2) is 5.83 Å². The first-order valence-electron chi connectivity index (χ1n) is 5.19. The Morgan fingerprint density at radius 1 is 1.45 bits per heavy atom. The van der Waals surface area contributed by atoms with Crippen LogP contribution in [-0.4, -0.2) is 35.7 Å². The molecule has 5 nitrogen and oxygen atoms in total. The second kappa shape index (κ2) is 8.12. The molecule has 20 heavy (non-hydrogen) atoms. The van der Waals surface area contributed by atoms with Gasteiger partial charge in [-0.3, -0.25) is 0 Å². The Balaban J connectivity index is 2.78. The average Bonchev–Trinajstić information content (AvgIpc) is 2.85. The van der Waals surface area contributed by atoms with Gasteiger partial charge in [-0.15, -0.1) is 0 Å². The molecular weight excluding hydrogens is 317 g/mol. The molecule has 0 N–H and O–H groups in total. The molecule has 0 aliphatic heterocycles. The molecule has 112 valence electrons. The van der Waals surface area contributed by atoms with Gasteiger partial charge in [-0.05, 0) is 0 Å². The minimum Gasteiger partial charge on any atom is -0.610 e. The highest BCUT2D eigenvalue weighted by molar-refractivity contribution is 7.93. The molecule has 0 radical (unpaired) electrons. The van der Waals surface area contributed by atoms with Crippen molar-refractivity contribution < 1.29 is 27.3 Å². The van der Waals surface area contributed by atoms with Crippen LogP contribution < -0.4 is 4.74 Å². The van der Waals surface area contributed by atoms with Gasteiger partial charge in [0.1, 0.15) is 17.7 Å². The van der Waals surface area contributed by atoms with Crippen molar-refractivity contribution in [1.29, 1.82) is 0 Å². The first-order chi connectivity index (χ1) is 9.49. The van der Waals surface area contributed by atoms with E-state index in [0.717, 1.165) is 11.3 Å². The number of nitrogens with zero attached hydrogens (tertiary/aromatic N) is 2. The molecule has 0 spiro atoms. The largest absolute Gasteiger partial charge is 0.610 e. The van der Waals surface area contributed by atoms with Crippen molar-refractivity contribution in [1.82, 2.24) is 4.98 Å². The topological polar surface area (TPSA) is 66.8 Å². The monoisotopic (exact) mass is 328 g/mol. The van der Waals surface area contributed by atoms with Crippen LogP contribution in [0.25, 0.3) is 0 Å². The summed E-state index contributed by atoms with van der Waals surface area (Å²) in [6, 6.07) is 0. The fourth-order valence-electron chi connectivity index (χ4n) is 1.09. The number of hydrogen-bond acceptors (Lipinski definition) is 6. The van der Waals surface area contributed by atoms with Crippen molar-refractivity contribution in [2.24, 2.45) is 5.16 Å². The van der Waals surface area contributed by atoms with Crippen molar-refractivity contribution in [2.75, 3.05) is 20.0 Å². The molecule has 0 saturated carbocycles. The lowest BCUT2D eigenvalue weighted by molar-refractivity contribution is 0.215. The second-order valence-electron chi connectivity index (χ2n) is 3.24. The quantitative estimate of drug-likeness (QED) is 0.438. The summed E-state index contributed by atoms with van der Waals surface area (Å²) >= 11 is -0.699. The van der Waals surface area contributed by atoms with Gasteiger partial charge in [-0.1, -0.05) is 16.5 Å². The Morgan fingerprint density at radius 2 is 2.15 bits per heavy atom. The SMILES string of the molecule is CON=Cc1sc([S+]([O-])CCC(F)=C(F)F)nc1OC. The maximum Gasteiger partial charge on any atom is 0.305 e. The molecule has 0 aliphatic rings. The first-order valence-corrected chi connectivity index (χ1v) is 7.32. The summed E-state index contributed by atoms with van der Waals surface area (Å²) in [6.07, 6.45) is -1.69. The minimum atomic E-state index is -2.40. The third-order valence-corrected chi connectivity index (χ3v) is 4.61. The number of halogens is 3. The van der Waals surface area contributed by atoms with Gasteiger partial charge in [0.05, 0.1) is 19.7 Å². The minimum absolute atomic E-state index is 0.145. The zero-order chi connectivity index (χ0) is 15.1. The summed E-state index contributed by atoms with van der Waals surface area (Å²) in [7, 11) is 2.72. The van der Waals surface area contributed by atoms with Crippen molar-refractivity contribution in [3.8, 4) is 5.88 Å². The molecule has 0 amide bonds. The van der Waals surface area contributed by atoms with Crippen molar-refractivity contribution in [2.45, 2.75) is 10.8 Å². The molecule has 1 rings (SSSR count). The van der Waals surface area contributed by atoms with E-state index >= 15 is 0 Å². The summed E-state index contributed by atoms with van der Waals surface area (Å²) in [6.45, 7) is 0. The van der Waals surface area contributed by atoms with E-state index in [-0.39, 0.29) is 16.0 Å². The van der Waals surface area contributed by atoms with Crippen LogP contribution in [0, 0.1) is 0 Å². The normalized spacial score (nSPS) is 12.5. The highest BCUT2D eigenvalue weighted by Crippen LogP contribution is 2.28. The molecule has 0 saturated heterocycles. The van der Waals surface area contributed by atoms with Crippen molar-refractivity contribution in [3.05, 3.63) is 16.8 Å². The molecular formula is C10H11F3N2O3S2. The highest BCUT2D eigenvalue weighted by atomic mass is 32.2. The fourth-order valence-corrected chi connectivity index (χ4v) is 3.33. The Kier molecular flexibility index (Phi) is 6.82.